The Labute approximate surface area is 98.7 Å². The zero-order valence-electron chi connectivity index (χ0n) is 9.50. The van der Waals surface area contributed by atoms with Crippen LogP contribution in [0.15, 0.2) is 6.07 Å². The van der Waals surface area contributed by atoms with Crippen molar-refractivity contribution in [1.82, 2.24) is 4.90 Å². The molecule has 0 bridgehead atoms. The number of amides is 1. The van der Waals surface area contributed by atoms with Gasteiger partial charge >= 0.3 is 0 Å². The van der Waals surface area contributed by atoms with Crippen molar-refractivity contribution >= 4 is 27.2 Å². The Balaban J connectivity index is 2.77. The van der Waals surface area contributed by atoms with E-state index in [0.717, 1.165) is 5.00 Å². The topological polar surface area (TPSA) is 68.2 Å². The van der Waals surface area contributed by atoms with E-state index in [0.29, 0.717) is 17.1 Å². The summed E-state index contributed by atoms with van der Waals surface area (Å²) < 4.78 is 0. The van der Waals surface area contributed by atoms with Crippen LogP contribution >= 0.6 is 11.3 Å². The quantitative estimate of drug-likeness (QED) is 0.826. The number of hydrogen-bond acceptors (Lipinski definition) is 5. The van der Waals surface area contributed by atoms with Gasteiger partial charge in [-0.05, 0) is 20.2 Å². The largest absolute Gasteiger partial charge is 0.380 e. The number of thiophene rings is 1. The second-order valence-electron chi connectivity index (χ2n) is 3.50. The van der Waals surface area contributed by atoms with E-state index in [1.54, 1.807) is 18.0 Å². The third kappa shape index (κ3) is 3.22. The first-order valence-electron chi connectivity index (χ1n) is 4.73. The second-order valence-corrected chi connectivity index (χ2v) is 4.55. The molecule has 0 spiro atoms. The van der Waals surface area contributed by atoms with Gasteiger partial charge in [0.1, 0.15) is 11.1 Å². The lowest BCUT2D eigenvalue weighted by Gasteiger charge is -2.08. The Morgan fingerprint density at radius 3 is 2.81 bits per heavy atom. The number of anilines is 2. The lowest BCUT2D eigenvalue weighted by Crippen LogP contribution is -2.26. The number of hydrogen-bond donors (Lipinski definition) is 2. The summed E-state index contributed by atoms with van der Waals surface area (Å²) >= 11 is 1.36. The molecular weight excluding hydrogens is 224 g/mol. The highest BCUT2D eigenvalue weighted by atomic mass is 32.1. The van der Waals surface area contributed by atoms with Crippen LogP contribution in [0.2, 0.25) is 0 Å². The Kier molecular flexibility index (Phi) is 4.28. The van der Waals surface area contributed by atoms with E-state index in [9.17, 15) is 4.79 Å². The first kappa shape index (κ1) is 12.5. The fourth-order valence-electron chi connectivity index (χ4n) is 1.14. The second kappa shape index (κ2) is 5.49. The van der Waals surface area contributed by atoms with E-state index in [1.807, 2.05) is 14.1 Å². The van der Waals surface area contributed by atoms with Gasteiger partial charge in [0.25, 0.3) is 0 Å². The molecule has 86 valence electrons. The van der Waals surface area contributed by atoms with Crippen molar-refractivity contribution in [3.63, 3.8) is 0 Å². The van der Waals surface area contributed by atoms with Crippen molar-refractivity contribution in [2.24, 2.45) is 0 Å². The Bertz CT molecular complexity index is 419. The third-order valence-corrected chi connectivity index (χ3v) is 2.88. The van der Waals surface area contributed by atoms with Crippen LogP contribution in [-0.2, 0) is 4.79 Å². The van der Waals surface area contributed by atoms with Gasteiger partial charge in [-0.2, -0.15) is 5.26 Å². The number of nitrogens with zero attached hydrogens (tertiary/aromatic N) is 2. The molecule has 6 heteroatoms. The van der Waals surface area contributed by atoms with Crippen LogP contribution < -0.4 is 10.6 Å². The average molecular weight is 238 g/mol. The summed E-state index contributed by atoms with van der Waals surface area (Å²) in [7, 11) is 5.41. The van der Waals surface area contributed by atoms with Gasteiger partial charge in [0.15, 0.2) is 0 Å². The van der Waals surface area contributed by atoms with E-state index in [4.69, 9.17) is 5.26 Å². The smallest absolute Gasteiger partial charge is 0.239 e. The first-order chi connectivity index (χ1) is 7.56. The van der Waals surface area contributed by atoms with Crippen molar-refractivity contribution in [2.45, 2.75) is 0 Å². The van der Waals surface area contributed by atoms with Crippen LogP contribution in [0.1, 0.15) is 5.56 Å². The summed E-state index contributed by atoms with van der Waals surface area (Å²) in [4.78, 5) is 13.3. The molecular formula is C10H14N4OS. The van der Waals surface area contributed by atoms with Gasteiger partial charge in [-0.1, -0.05) is 11.3 Å². The predicted octanol–water partition coefficient (Wildman–Crippen LogP) is 1.16. The van der Waals surface area contributed by atoms with Crippen LogP contribution in [-0.4, -0.2) is 38.5 Å². The predicted molar refractivity (Wildman–Crippen MR) is 65.8 cm³/mol. The molecule has 0 saturated heterocycles. The maximum atomic E-state index is 11.5. The number of rotatable bonds is 4. The highest BCUT2D eigenvalue weighted by Crippen LogP contribution is 2.31. The van der Waals surface area contributed by atoms with Crippen LogP contribution in [0, 0.1) is 11.3 Å². The molecule has 0 aliphatic heterocycles. The highest BCUT2D eigenvalue weighted by Gasteiger charge is 2.11. The molecule has 0 radical (unpaired) electrons. The molecule has 0 aromatic carbocycles. The molecule has 5 nitrogen and oxygen atoms in total. The van der Waals surface area contributed by atoms with Gasteiger partial charge in [-0.15, -0.1) is 0 Å². The lowest BCUT2D eigenvalue weighted by molar-refractivity contribution is -0.116. The van der Waals surface area contributed by atoms with Gasteiger partial charge in [-0.25, -0.2) is 0 Å². The van der Waals surface area contributed by atoms with E-state index in [-0.39, 0.29) is 5.91 Å². The van der Waals surface area contributed by atoms with Crippen molar-refractivity contribution in [3.8, 4) is 6.07 Å². The summed E-state index contributed by atoms with van der Waals surface area (Å²) in [5, 5.41) is 16.0. The molecule has 0 saturated carbocycles. The zero-order chi connectivity index (χ0) is 12.1. The summed E-state index contributed by atoms with van der Waals surface area (Å²) in [6.45, 7) is 0.303. The standard InChI is InChI=1S/C10H14N4OS/c1-12-9-4-7(5-11)10(16-9)13-8(15)6-14(2)3/h4,12H,6H2,1-3H3,(H,13,15). The number of nitrogens with one attached hydrogen (secondary N) is 2. The molecule has 0 atom stereocenters. The molecule has 1 rings (SSSR count). The fourth-order valence-corrected chi connectivity index (χ4v) is 2.02. The molecule has 0 unspecified atom stereocenters. The molecule has 0 fully saturated rings. The Morgan fingerprint density at radius 2 is 2.31 bits per heavy atom. The minimum atomic E-state index is -0.119. The van der Waals surface area contributed by atoms with Gasteiger partial charge in [0, 0.05) is 7.05 Å². The number of nitriles is 1. The summed E-state index contributed by atoms with van der Waals surface area (Å²) in [6, 6.07) is 3.77. The van der Waals surface area contributed by atoms with E-state index in [1.165, 1.54) is 11.3 Å². The average Bonchev–Trinajstić information content (AvgIpc) is 2.59. The minimum absolute atomic E-state index is 0.119. The van der Waals surface area contributed by atoms with Gasteiger partial charge in [0.2, 0.25) is 5.91 Å². The van der Waals surface area contributed by atoms with Gasteiger partial charge in [-0.3, -0.25) is 4.79 Å². The van der Waals surface area contributed by atoms with E-state index in [2.05, 4.69) is 16.7 Å². The third-order valence-electron chi connectivity index (χ3n) is 1.81. The molecule has 1 heterocycles. The molecule has 16 heavy (non-hydrogen) atoms. The molecule has 2 N–H and O–H groups in total. The number of carbonyl (C=O) groups is 1. The minimum Gasteiger partial charge on any atom is -0.380 e. The summed E-state index contributed by atoms with van der Waals surface area (Å²) in [5.74, 6) is -0.119. The lowest BCUT2D eigenvalue weighted by atomic mass is 10.3. The van der Waals surface area contributed by atoms with Crippen LogP contribution in [0.25, 0.3) is 0 Å². The first-order valence-corrected chi connectivity index (χ1v) is 5.54. The van der Waals surface area contributed by atoms with E-state index >= 15 is 0 Å². The number of likely N-dealkylation sites (N-methyl/N-ethyl adjacent to an activating group) is 1. The van der Waals surface area contributed by atoms with Crippen molar-refractivity contribution in [1.29, 1.82) is 5.26 Å². The molecule has 0 aliphatic rings. The molecule has 1 aromatic heterocycles. The van der Waals surface area contributed by atoms with Crippen LogP contribution in [0.4, 0.5) is 10.0 Å². The van der Waals surface area contributed by atoms with Gasteiger partial charge in [0.05, 0.1) is 17.1 Å². The van der Waals surface area contributed by atoms with Crippen molar-refractivity contribution < 1.29 is 4.79 Å². The summed E-state index contributed by atoms with van der Waals surface area (Å²) in [5.41, 5.74) is 0.487. The van der Waals surface area contributed by atoms with Crippen LogP contribution in [0.5, 0.6) is 0 Å². The van der Waals surface area contributed by atoms with Crippen molar-refractivity contribution in [2.75, 3.05) is 38.3 Å². The molecule has 1 aromatic rings. The Morgan fingerprint density at radius 1 is 1.62 bits per heavy atom. The van der Waals surface area contributed by atoms with E-state index < -0.39 is 0 Å². The fraction of sp³-hybridized carbons (Fsp3) is 0.400. The van der Waals surface area contributed by atoms with Gasteiger partial charge < -0.3 is 15.5 Å². The Hall–Kier alpha value is -1.58. The number of carbonyl (C=O) groups excluding carboxylic acids is 1. The maximum absolute atomic E-state index is 11.5. The van der Waals surface area contributed by atoms with Crippen LogP contribution in [0.3, 0.4) is 0 Å². The maximum Gasteiger partial charge on any atom is 0.239 e. The molecule has 0 aliphatic carbocycles. The van der Waals surface area contributed by atoms with Crippen molar-refractivity contribution in [3.05, 3.63) is 11.6 Å². The SMILES string of the molecule is CNc1cc(C#N)c(NC(=O)CN(C)C)s1. The monoisotopic (exact) mass is 238 g/mol. The highest BCUT2D eigenvalue weighted by molar-refractivity contribution is 7.20. The molecule has 1 amide bonds. The zero-order valence-corrected chi connectivity index (χ0v) is 10.3. The summed E-state index contributed by atoms with van der Waals surface area (Å²) in [6.07, 6.45) is 0. The normalized spacial score (nSPS) is 9.94.